The van der Waals surface area contributed by atoms with Crippen molar-refractivity contribution in [3.8, 4) is 0 Å². The highest BCUT2D eigenvalue weighted by Crippen LogP contribution is 2.30. The smallest absolute Gasteiger partial charge is 0.188 e. The van der Waals surface area contributed by atoms with Crippen LogP contribution in [0, 0.1) is 0 Å². The average Bonchev–Trinajstić information content (AvgIpc) is 2.41. The summed E-state index contributed by atoms with van der Waals surface area (Å²) in [4.78, 5) is 12.3. The molecule has 2 aromatic carbocycles. The number of hydrogen-bond donors (Lipinski definition) is 0. The van der Waals surface area contributed by atoms with Crippen molar-refractivity contribution < 1.29 is 4.79 Å². The van der Waals surface area contributed by atoms with Gasteiger partial charge in [0.1, 0.15) is 0 Å². The molecule has 0 spiro atoms. The molecule has 1 unspecified atom stereocenters. The predicted octanol–water partition coefficient (Wildman–Crippen LogP) is 5.09. The van der Waals surface area contributed by atoms with Crippen LogP contribution in [0.3, 0.4) is 0 Å². The molecule has 0 amide bonds. The molecule has 4 heteroatoms. The van der Waals surface area contributed by atoms with E-state index in [0.717, 1.165) is 18.1 Å². The van der Waals surface area contributed by atoms with Crippen molar-refractivity contribution in [2.24, 2.45) is 0 Å². The van der Waals surface area contributed by atoms with Gasteiger partial charge in [0.05, 0.1) is 15.6 Å². The molecule has 0 saturated heterocycles. The van der Waals surface area contributed by atoms with Crippen LogP contribution >= 0.6 is 31.8 Å². The second-order valence-electron chi connectivity index (χ2n) is 4.50. The van der Waals surface area contributed by atoms with Gasteiger partial charge in [-0.15, -0.1) is 0 Å². The van der Waals surface area contributed by atoms with E-state index < -0.39 is 0 Å². The first-order valence-corrected chi connectivity index (χ1v) is 8.21. The van der Waals surface area contributed by atoms with Crippen molar-refractivity contribution in [3.63, 3.8) is 0 Å². The Morgan fingerprint density at radius 2 is 1.65 bits per heavy atom. The zero-order valence-electron chi connectivity index (χ0n) is 11.1. The Labute approximate surface area is 131 Å². The molecule has 0 heterocycles. The zero-order chi connectivity index (χ0) is 14.5. The average molecular weight is 325 g/mol. The number of carbonyl (C=O) groups excluding carboxylic acids is 1. The number of carbonyl (C=O) groups is 1. The van der Waals surface area contributed by atoms with Crippen LogP contribution in [0.25, 0.3) is 0 Å². The Hall–Kier alpha value is -0.880. The van der Waals surface area contributed by atoms with Gasteiger partial charge in [-0.2, -0.15) is 0 Å². The highest BCUT2D eigenvalue weighted by Gasteiger charge is 2.14. The Balaban J connectivity index is 2.15. The third-order valence-corrected chi connectivity index (χ3v) is 4.67. The summed E-state index contributed by atoms with van der Waals surface area (Å²) in [6.07, 6.45) is 2.18. The Kier molecular flexibility index (Phi) is 5.60. The lowest BCUT2D eigenvalue weighted by atomic mass is 10.1. The maximum Gasteiger partial charge on any atom is 0.188 e. The minimum atomic E-state index is -0.0242. The quantitative estimate of drug-likeness (QED) is 0.700. The van der Waals surface area contributed by atoms with Crippen LogP contribution in [0.1, 0.15) is 29.3 Å². The summed E-state index contributed by atoms with van der Waals surface area (Å²) in [6, 6.07) is 13.3. The first-order chi connectivity index (χ1) is 9.61. The van der Waals surface area contributed by atoms with Gasteiger partial charge in [0, 0.05) is 0 Å². The van der Waals surface area contributed by atoms with E-state index in [1.807, 2.05) is 12.1 Å². The summed E-state index contributed by atoms with van der Waals surface area (Å²) < 4.78 is 0. The van der Waals surface area contributed by atoms with Crippen molar-refractivity contribution in [3.05, 3.63) is 63.6 Å². The highest BCUT2D eigenvalue weighted by molar-refractivity contribution is 7.66. The fourth-order valence-electron chi connectivity index (χ4n) is 1.95. The van der Waals surface area contributed by atoms with E-state index in [4.69, 9.17) is 23.2 Å². The molecule has 104 valence electrons. The fourth-order valence-corrected chi connectivity index (χ4v) is 3.67. The number of halogens is 2. The second kappa shape index (κ2) is 7.22. The summed E-state index contributed by atoms with van der Waals surface area (Å²) in [5.74, 6) is 0. The van der Waals surface area contributed by atoms with E-state index in [1.54, 1.807) is 18.2 Å². The summed E-state index contributed by atoms with van der Waals surface area (Å²) in [5, 5.41) is 1.83. The lowest BCUT2D eigenvalue weighted by Gasteiger charge is -2.07. The van der Waals surface area contributed by atoms with Crippen LogP contribution < -0.4 is 5.30 Å². The van der Waals surface area contributed by atoms with Gasteiger partial charge in [0.2, 0.25) is 0 Å². The molecule has 0 aliphatic rings. The molecule has 0 radical (unpaired) electrons. The second-order valence-corrected chi connectivity index (χ2v) is 6.59. The SMILES string of the molecule is CCCc1ccc(PC(=O)c2c(Cl)cccc2Cl)cc1. The highest BCUT2D eigenvalue weighted by atomic mass is 35.5. The fraction of sp³-hybridized carbons (Fsp3) is 0.188. The Morgan fingerprint density at radius 1 is 1.05 bits per heavy atom. The van der Waals surface area contributed by atoms with Crippen LogP contribution in [0.2, 0.25) is 10.0 Å². The number of hydrogen-bond acceptors (Lipinski definition) is 1. The van der Waals surface area contributed by atoms with Crippen molar-refractivity contribution in [2.75, 3.05) is 0 Å². The van der Waals surface area contributed by atoms with Crippen LogP contribution in [0.5, 0.6) is 0 Å². The maximum atomic E-state index is 12.3. The van der Waals surface area contributed by atoms with Crippen LogP contribution in [-0.2, 0) is 6.42 Å². The van der Waals surface area contributed by atoms with Crippen LogP contribution in [-0.4, -0.2) is 5.52 Å². The van der Waals surface area contributed by atoms with Gasteiger partial charge in [-0.3, -0.25) is 4.79 Å². The zero-order valence-corrected chi connectivity index (χ0v) is 13.6. The Morgan fingerprint density at radius 3 is 2.20 bits per heavy atom. The number of benzene rings is 2. The predicted molar refractivity (Wildman–Crippen MR) is 89.2 cm³/mol. The van der Waals surface area contributed by atoms with Gasteiger partial charge in [0.15, 0.2) is 5.52 Å². The summed E-state index contributed by atoms with van der Waals surface area (Å²) in [5.41, 5.74) is 1.69. The van der Waals surface area contributed by atoms with Crippen molar-refractivity contribution >= 4 is 42.6 Å². The van der Waals surface area contributed by atoms with E-state index >= 15 is 0 Å². The molecule has 0 bridgehead atoms. The van der Waals surface area contributed by atoms with Gasteiger partial charge in [-0.05, 0) is 38.0 Å². The first-order valence-electron chi connectivity index (χ1n) is 6.46. The summed E-state index contributed by atoms with van der Waals surface area (Å²) in [6.45, 7) is 2.15. The number of aryl methyl sites for hydroxylation is 1. The van der Waals surface area contributed by atoms with E-state index in [-0.39, 0.29) is 14.1 Å². The summed E-state index contributed by atoms with van der Waals surface area (Å²) >= 11 is 12.1. The van der Waals surface area contributed by atoms with Gasteiger partial charge in [-0.1, -0.05) is 66.9 Å². The Bertz CT molecular complexity index is 588. The maximum absolute atomic E-state index is 12.3. The summed E-state index contributed by atoms with van der Waals surface area (Å²) in [7, 11) is 0.0391. The molecule has 1 atom stereocenters. The molecule has 0 aromatic heterocycles. The number of rotatable bonds is 5. The minimum Gasteiger partial charge on any atom is -0.289 e. The standard InChI is InChI=1S/C16H15Cl2OP/c1-2-4-11-7-9-12(10-8-11)20-16(19)15-13(17)5-3-6-14(15)18/h3,5-10,20H,2,4H2,1H3. The molecule has 2 rings (SSSR count). The molecule has 0 N–H and O–H groups in total. The lowest BCUT2D eigenvalue weighted by molar-refractivity contribution is 0.108. The van der Waals surface area contributed by atoms with Crippen molar-refractivity contribution in [1.82, 2.24) is 0 Å². The molecular formula is C16H15Cl2OP. The first kappa shape index (κ1) is 15.5. The third-order valence-electron chi connectivity index (χ3n) is 2.94. The van der Waals surface area contributed by atoms with Gasteiger partial charge < -0.3 is 0 Å². The third kappa shape index (κ3) is 3.82. The van der Waals surface area contributed by atoms with E-state index in [1.165, 1.54) is 5.56 Å². The van der Waals surface area contributed by atoms with Crippen molar-refractivity contribution in [2.45, 2.75) is 19.8 Å². The normalized spacial score (nSPS) is 11.2. The molecule has 1 nitrogen and oxygen atoms in total. The van der Waals surface area contributed by atoms with E-state index in [2.05, 4.69) is 19.1 Å². The largest absolute Gasteiger partial charge is 0.289 e. The van der Waals surface area contributed by atoms with Crippen LogP contribution in [0.4, 0.5) is 0 Å². The van der Waals surface area contributed by atoms with E-state index in [9.17, 15) is 4.79 Å². The monoisotopic (exact) mass is 324 g/mol. The minimum absolute atomic E-state index is 0.0242. The van der Waals surface area contributed by atoms with Gasteiger partial charge in [0.25, 0.3) is 0 Å². The van der Waals surface area contributed by atoms with Crippen molar-refractivity contribution in [1.29, 1.82) is 0 Å². The molecule has 20 heavy (non-hydrogen) atoms. The van der Waals surface area contributed by atoms with Crippen LogP contribution in [0.15, 0.2) is 42.5 Å². The molecular weight excluding hydrogens is 310 g/mol. The molecule has 2 aromatic rings. The molecule has 0 aliphatic heterocycles. The molecule has 0 fully saturated rings. The van der Waals surface area contributed by atoms with E-state index in [0.29, 0.717) is 15.6 Å². The lowest BCUT2D eigenvalue weighted by Crippen LogP contribution is -2.02. The topological polar surface area (TPSA) is 17.1 Å². The molecule has 0 aliphatic carbocycles. The van der Waals surface area contributed by atoms with Gasteiger partial charge in [-0.25, -0.2) is 0 Å². The molecule has 0 saturated carbocycles. The van der Waals surface area contributed by atoms with Gasteiger partial charge >= 0.3 is 0 Å².